The molecule has 0 fully saturated rings. The molecular formula is C14H16BrClN2O. The van der Waals surface area contributed by atoms with Crippen LogP contribution in [0.3, 0.4) is 0 Å². The molecule has 0 bridgehead atoms. The molecule has 1 N–H and O–H groups in total. The monoisotopic (exact) mass is 342 g/mol. The van der Waals surface area contributed by atoms with Gasteiger partial charge in [0.2, 0.25) is 0 Å². The van der Waals surface area contributed by atoms with Gasteiger partial charge in [-0.2, -0.15) is 0 Å². The average Bonchev–Trinajstić information content (AvgIpc) is 2.77. The largest absolute Gasteiger partial charge is 0.443 e. The maximum Gasteiger partial charge on any atom is 0.181 e. The molecule has 0 saturated carbocycles. The van der Waals surface area contributed by atoms with E-state index < -0.39 is 0 Å². The summed E-state index contributed by atoms with van der Waals surface area (Å²) in [5.41, 5.74) is 1.73. The Labute approximate surface area is 126 Å². The van der Waals surface area contributed by atoms with E-state index in [9.17, 15) is 0 Å². The average molecular weight is 344 g/mol. The summed E-state index contributed by atoms with van der Waals surface area (Å²) in [4.78, 5) is 4.26. The standard InChI is InChI=1S/C14H16BrClN2O/c1-14(2,3)18-7-11-13(19-8-17-11)9-5-4-6-10(15)12(9)16/h4-6,8,18H,7H2,1-3H3. The molecule has 5 heteroatoms. The molecule has 0 atom stereocenters. The van der Waals surface area contributed by atoms with Gasteiger partial charge in [0.1, 0.15) is 5.69 Å². The third-order valence-electron chi connectivity index (χ3n) is 2.62. The zero-order valence-corrected chi connectivity index (χ0v) is 13.5. The minimum atomic E-state index is 0.0251. The number of oxazole rings is 1. The van der Waals surface area contributed by atoms with E-state index in [-0.39, 0.29) is 5.54 Å². The molecule has 0 aliphatic heterocycles. The van der Waals surface area contributed by atoms with Gasteiger partial charge >= 0.3 is 0 Å². The van der Waals surface area contributed by atoms with Gasteiger partial charge in [-0.1, -0.05) is 17.7 Å². The van der Waals surface area contributed by atoms with Gasteiger partial charge in [0.05, 0.1) is 5.02 Å². The Bertz CT molecular complexity index is 575. The third-order valence-corrected chi connectivity index (χ3v) is 3.92. The van der Waals surface area contributed by atoms with Crippen LogP contribution in [0.25, 0.3) is 11.3 Å². The van der Waals surface area contributed by atoms with Crippen molar-refractivity contribution in [2.45, 2.75) is 32.9 Å². The van der Waals surface area contributed by atoms with Crippen LogP contribution in [0.1, 0.15) is 26.5 Å². The van der Waals surface area contributed by atoms with Gasteiger partial charge in [-0.3, -0.25) is 0 Å². The molecule has 0 aliphatic rings. The summed E-state index contributed by atoms with van der Waals surface area (Å²) in [5, 5.41) is 4.03. The maximum atomic E-state index is 6.29. The lowest BCUT2D eigenvalue weighted by molar-refractivity contribution is 0.421. The molecule has 3 nitrogen and oxygen atoms in total. The second-order valence-corrected chi connectivity index (χ2v) is 6.57. The SMILES string of the molecule is CC(C)(C)NCc1ncoc1-c1cccc(Br)c1Cl. The highest BCUT2D eigenvalue weighted by atomic mass is 79.9. The fourth-order valence-corrected chi connectivity index (χ4v) is 2.22. The van der Waals surface area contributed by atoms with Crippen molar-refractivity contribution >= 4 is 27.5 Å². The molecule has 1 heterocycles. The zero-order chi connectivity index (χ0) is 14.0. The molecule has 2 rings (SSSR count). The summed E-state index contributed by atoms with van der Waals surface area (Å²) in [5.74, 6) is 0.711. The van der Waals surface area contributed by atoms with Crippen LogP contribution >= 0.6 is 27.5 Å². The van der Waals surface area contributed by atoms with Crippen LogP contribution in [0.5, 0.6) is 0 Å². The minimum Gasteiger partial charge on any atom is -0.443 e. The lowest BCUT2D eigenvalue weighted by atomic mass is 10.1. The molecular weight excluding hydrogens is 328 g/mol. The highest BCUT2D eigenvalue weighted by Crippen LogP contribution is 2.35. The van der Waals surface area contributed by atoms with Crippen LogP contribution in [0.4, 0.5) is 0 Å². The van der Waals surface area contributed by atoms with Crippen molar-refractivity contribution in [3.63, 3.8) is 0 Å². The molecule has 2 aromatic rings. The van der Waals surface area contributed by atoms with Crippen molar-refractivity contribution in [3.8, 4) is 11.3 Å². The van der Waals surface area contributed by atoms with Crippen LogP contribution in [0.2, 0.25) is 5.02 Å². The minimum absolute atomic E-state index is 0.0251. The van der Waals surface area contributed by atoms with Crippen LogP contribution in [0.15, 0.2) is 33.5 Å². The third kappa shape index (κ3) is 3.59. The van der Waals surface area contributed by atoms with E-state index in [1.165, 1.54) is 6.39 Å². The number of halogens is 2. The Balaban J connectivity index is 2.31. The van der Waals surface area contributed by atoms with E-state index in [1.807, 2.05) is 18.2 Å². The molecule has 102 valence electrons. The number of nitrogens with zero attached hydrogens (tertiary/aromatic N) is 1. The van der Waals surface area contributed by atoms with E-state index in [4.69, 9.17) is 16.0 Å². The Morgan fingerprint density at radius 3 is 2.79 bits per heavy atom. The summed E-state index contributed by atoms with van der Waals surface area (Å²) in [6, 6.07) is 5.75. The Hall–Kier alpha value is -0.840. The topological polar surface area (TPSA) is 38.1 Å². The van der Waals surface area contributed by atoms with Crippen LogP contribution in [-0.2, 0) is 6.54 Å². The van der Waals surface area contributed by atoms with Gasteiger partial charge in [0.25, 0.3) is 0 Å². The smallest absolute Gasteiger partial charge is 0.181 e. The second kappa shape index (κ2) is 5.65. The summed E-state index contributed by atoms with van der Waals surface area (Å²) < 4.78 is 6.34. The van der Waals surface area contributed by atoms with Crippen molar-refractivity contribution in [1.82, 2.24) is 10.3 Å². The summed E-state index contributed by atoms with van der Waals surface area (Å²) in [7, 11) is 0. The number of rotatable bonds is 3. The maximum absolute atomic E-state index is 6.29. The number of nitrogens with one attached hydrogen (secondary N) is 1. The number of hydrogen-bond acceptors (Lipinski definition) is 3. The number of benzene rings is 1. The summed E-state index contributed by atoms with van der Waals surface area (Å²) in [6.45, 7) is 6.97. The van der Waals surface area contributed by atoms with E-state index in [0.29, 0.717) is 17.3 Å². The van der Waals surface area contributed by atoms with Gasteiger partial charge < -0.3 is 9.73 Å². The van der Waals surface area contributed by atoms with Crippen molar-refractivity contribution in [2.24, 2.45) is 0 Å². The molecule has 0 saturated heterocycles. The van der Waals surface area contributed by atoms with Crippen molar-refractivity contribution < 1.29 is 4.42 Å². The summed E-state index contributed by atoms with van der Waals surface area (Å²) in [6.07, 6.45) is 1.45. The first-order valence-electron chi connectivity index (χ1n) is 6.00. The molecule has 0 unspecified atom stereocenters. The van der Waals surface area contributed by atoms with Gasteiger partial charge in [-0.25, -0.2) is 4.98 Å². The number of hydrogen-bond donors (Lipinski definition) is 1. The molecule has 19 heavy (non-hydrogen) atoms. The highest BCUT2D eigenvalue weighted by molar-refractivity contribution is 9.10. The molecule has 0 radical (unpaired) electrons. The van der Waals surface area contributed by atoms with Gasteiger partial charge in [-0.05, 0) is 48.8 Å². The first kappa shape index (κ1) is 14.6. The quantitative estimate of drug-likeness (QED) is 0.882. The zero-order valence-electron chi connectivity index (χ0n) is 11.1. The molecule has 1 aromatic carbocycles. The first-order chi connectivity index (χ1) is 8.88. The Morgan fingerprint density at radius 1 is 1.37 bits per heavy atom. The Kier molecular flexibility index (Phi) is 4.33. The highest BCUT2D eigenvalue weighted by Gasteiger charge is 2.17. The predicted molar refractivity (Wildman–Crippen MR) is 81.2 cm³/mol. The van der Waals surface area contributed by atoms with Crippen molar-refractivity contribution in [1.29, 1.82) is 0 Å². The fraction of sp³-hybridized carbons (Fsp3) is 0.357. The van der Waals surface area contributed by atoms with Gasteiger partial charge in [0, 0.05) is 22.1 Å². The molecule has 0 spiro atoms. The lowest BCUT2D eigenvalue weighted by Crippen LogP contribution is -2.35. The first-order valence-corrected chi connectivity index (χ1v) is 7.17. The molecule has 0 amide bonds. The van der Waals surface area contributed by atoms with E-state index in [1.54, 1.807) is 0 Å². The summed E-state index contributed by atoms with van der Waals surface area (Å²) >= 11 is 9.71. The van der Waals surface area contributed by atoms with Crippen LogP contribution in [-0.4, -0.2) is 10.5 Å². The van der Waals surface area contributed by atoms with Crippen molar-refractivity contribution in [2.75, 3.05) is 0 Å². The molecule has 0 aliphatic carbocycles. The van der Waals surface area contributed by atoms with E-state index >= 15 is 0 Å². The van der Waals surface area contributed by atoms with Crippen molar-refractivity contribution in [3.05, 3.63) is 39.8 Å². The van der Waals surface area contributed by atoms with Gasteiger partial charge in [0.15, 0.2) is 12.2 Å². The second-order valence-electron chi connectivity index (χ2n) is 5.33. The van der Waals surface area contributed by atoms with E-state index in [0.717, 1.165) is 15.7 Å². The fourth-order valence-electron chi connectivity index (χ4n) is 1.64. The van der Waals surface area contributed by atoms with E-state index in [2.05, 4.69) is 47.0 Å². The Morgan fingerprint density at radius 2 is 2.11 bits per heavy atom. The number of aromatic nitrogens is 1. The predicted octanol–water partition coefficient (Wildman–Crippen LogP) is 4.65. The normalized spacial score (nSPS) is 11.8. The van der Waals surface area contributed by atoms with Crippen LogP contribution in [0, 0.1) is 0 Å². The molecule has 1 aromatic heterocycles. The lowest BCUT2D eigenvalue weighted by Gasteiger charge is -2.19. The van der Waals surface area contributed by atoms with Crippen LogP contribution < -0.4 is 5.32 Å². The van der Waals surface area contributed by atoms with Gasteiger partial charge in [-0.15, -0.1) is 0 Å².